The molecule has 1 aliphatic heterocycles. The van der Waals surface area contributed by atoms with Crippen molar-refractivity contribution in [2.24, 2.45) is 0 Å². The van der Waals surface area contributed by atoms with Crippen LogP contribution in [-0.2, 0) is 6.42 Å². The van der Waals surface area contributed by atoms with Gasteiger partial charge in [0.25, 0.3) is 0 Å². The molecule has 0 N–H and O–H groups in total. The fraction of sp³-hybridized carbons (Fsp3) is 0.250. The highest BCUT2D eigenvalue weighted by Crippen LogP contribution is 2.30. The van der Waals surface area contributed by atoms with Gasteiger partial charge in [-0.1, -0.05) is 6.07 Å². The lowest BCUT2D eigenvalue weighted by molar-refractivity contribution is 0.0992. The standard InChI is InChI=1S/C16H15NO3/c18-14(9-12-3-1-6-17-11-12)13-4-5-15-16(10-13)20-8-2-7-19-15/h1,3-6,10-11H,2,7-9H2. The first-order chi connectivity index (χ1) is 9.83. The number of fused-ring (bicyclic) bond motifs is 1. The number of ether oxygens (including phenoxy) is 2. The number of aromatic nitrogens is 1. The molecule has 2 aromatic rings. The quantitative estimate of drug-likeness (QED) is 0.804. The van der Waals surface area contributed by atoms with Gasteiger partial charge in [0.2, 0.25) is 0 Å². The maximum atomic E-state index is 12.3. The monoisotopic (exact) mass is 269 g/mol. The summed E-state index contributed by atoms with van der Waals surface area (Å²) in [5.74, 6) is 1.41. The third-order valence-electron chi connectivity index (χ3n) is 3.16. The van der Waals surface area contributed by atoms with Crippen LogP contribution in [0.4, 0.5) is 0 Å². The number of carbonyl (C=O) groups excluding carboxylic acids is 1. The SMILES string of the molecule is O=C(Cc1cccnc1)c1ccc2c(c1)OCCCO2. The van der Waals surface area contributed by atoms with Crippen LogP contribution >= 0.6 is 0 Å². The molecule has 4 nitrogen and oxygen atoms in total. The van der Waals surface area contributed by atoms with Crippen LogP contribution in [0.25, 0.3) is 0 Å². The molecule has 20 heavy (non-hydrogen) atoms. The molecule has 3 rings (SSSR count). The van der Waals surface area contributed by atoms with E-state index in [0.29, 0.717) is 36.7 Å². The number of carbonyl (C=O) groups is 1. The van der Waals surface area contributed by atoms with E-state index < -0.39 is 0 Å². The summed E-state index contributed by atoms with van der Waals surface area (Å²) in [5.41, 5.74) is 1.54. The summed E-state index contributed by atoms with van der Waals surface area (Å²) in [6, 6.07) is 9.08. The van der Waals surface area contributed by atoms with Crippen LogP contribution in [0.1, 0.15) is 22.3 Å². The van der Waals surface area contributed by atoms with E-state index in [1.165, 1.54) is 0 Å². The fourth-order valence-electron chi connectivity index (χ4n) is 2.13. The number of hydrogen-bond donors (Lipinski definition) is 0. The molecule has 0 fully saturated rings. The smallest absolute Gasteiger partial charge is 0.167 e. The first-order valence-corrected chi connectivity index (χ1v) is 6.65. The van der Waals surface area contributed by atoms with Crippen LogP contribution in [0.15, 0.2) is 42.7 Å². The number of ketones is 1. The minimum atomic E-state index is 0.0497. The molecule has 0 saturated heterocycles. The lowest BCUT2D eigenvalue weighted by Crippen LogP contribution is -2.04. The van der Waals surface area contributed by atoms with E-state index >= 15 is 0 Å². The predicted molar refractivity (Wildman–Crippen MR) is 74.3 cm³/mol. The zero-order valence-electron chi connectivity index (χ0n) is 11.0. The first-order valence-electron chi connectivity index (χ1n) is 6.65. The minimum absolute atomic E-state index is 0.0497. The largest absolute Gasteiger partial charge is 0.490 e. The van der Waals surface area contributed by atoms with Crippen molar-refractivity contribution in [2.45, 2.75) is 12.8 Å². The highest BCUT2D eigenvalue weighted by atomic mass is 16.5. The van der Waals surface area contributed by atoms with E-state index in [2.05, 4.69) is 4.98 Å². The Labute approximate surface area is 117 Å². The highest BCUT2D eigenvalue weighted by Gasteiger charge is 2.14. The van der Waals surface area contributed by atoms with Crippen LogP contribution in [0.5, 0.6) is 11.5 Å². The second-order valence-electron chi connectivity index (χ2n) is 4.67. The van der Waals surface area contributed by atoms with Crippen molar-refractivity contribution in [3.05, 3.63) is 53.9 Å². The number of benzene rings is 1. The maximum absolute atomic E-state index is 12.3. The van der Waals surface area contributed by atoms with Crippen LogP contribution in [0.2, 0.25) is 0 Å². The van der Waals surface area contributed by atoms with Gasteiger partial charge in [0.1, 0.15) is 0 Å². The average Bonchev–Trinajstić information content (AvgIpc) is 2.72. The van der Waals surface area contributed by atoms with E-state index in [0.717, 1.165) is 12.0 Å². The summed E-state index contributed by atoms with van der Waals surface area (Å²) in [6.45, 7) is 1.27. The second-order valence-corrected chi connectivity index (χ2v) is 4.67. The highest BCUT2D eigenvalue weighted by molar-refractivity contribution is 5.98. The number of rotatable bonds is 3. The molecule has 0 aliphatic carbocycles. The topological polar surface area (TPSA) is 48.4 Å². The molecule has 0 radical (unpaired) electrons. The van der Waals surface area contributed by atoms with Gasteiger partial charge in [0.05, 0.1) is 13.2 Å². The number of nitrogens with zero attached hydrogens (tertiary/aromatic N) is 1. The Bertz CT molecular complexity index is 610. The summed E-state index contributed by atoms with van der Waals surface area (Å²) in [5, 5.41) is 0. The molecular formula is C16H15NO3. The summed E-state index contributed by atoms with van der Waals surface area (Å²) >= 11 is 0. The van der Waals surface area contributed by atoms with Crippen molar-refractivity contribution in [2.75, 3.05) is 13.2 Å². The third kappa shape index (κ3) is 2.79. The molecule has 0 unspecified atom stereocenters. The fourth-order valence-corrected chi connectivity index (χ4v) is 2.13. The Hall–Kier alpha value is -2.36. The molecule has 0 amide bonds. The van der Waals surface area contributed by atoms with Crippen molar-refractivity contribution in [3.63, 3.8) is 0 Å². The Kier molecular flexibility index (Phi) is 3.63. The summed E-state index contributed by atoms with van der Waals surface area (Å²) in [6.07, 6.45) is 4.60. The number of hydrogen-bond acceptors (Lipinski definition) is 4. The van der Waals surface area contributed by atoms with E-state index in [4.69, 9.17) is 9.47 Å². The molecule has 102 valence electrons. The molecule has 0 atom stereocenters. The molecule has 0 saturated carbocycles. The molecule has 1 aliphatic rings. The van der Waals surface area contributed by atoms with Crippen LogP contribution in [0.3, 0.4) is 0 Å². The molecule has 1 aromatic carbocycles. The molecule has 2 heterocycles. The normalized spacial score (nSPS) is 13.6. The van der Waals surface area contributed by atoms with E-state index in [1.54, 1.807) is 30.6 Å². The van der Waals surface area contributed by atoms with Crippen molar-refractivity contribution in [3.8, 4) is 11.5 Å². The number of Topliss-reactive ketones (excluding diaryl/α,β-unsaturated/α-hetero) is 1. The molecular weight excluding hydrogens is 254 g/mol. The van der Waals surface area contributed by atoms with Crippen LogP contribution in [-0.4, -0.2) is 24.0 Å². The molecule has 4 heteroatoms. The van der Waals surface area contributed by atoms with Gasteiger partial charge in [-0.25, -0.2) is 0 Å². The van der Waals surface area contributed by atoms with Crippen molar-refractivity contribution < 1.29 is 14.3 Å². The molecule has 0 spiro atoms. The average molecular weight is 269 g/mol. The summed E-state index contributed by atoms with van der Waals surface area (Å²) in [4.78, 5) is 16.3. The maximum Gasteiger partial charge on any atom is 0.167 e. The van der Waals surface area contributed by atoms with Gasteiger partial charge in [-0.2, -0.15) is 0 Å². The zero-order valence-corrected chi connectivity index (χ0v) is 11.0. The summed E-state index contributed by atoms with van der Waals surface area (Å²) < 4.78 is 11.2. The Morgan fingerprint density at radius 3 is 2.80 bits per heavy atom. The zero-order chi connectivity index (χ0) is 13.8. The van der Waals surface area contributed by atoms with Crippen LogP contribution in [0, 0.1) is 0 Å². The van der Waals surface area contributed by atoms with Gasteiger partial charge in [-0.3, -0.25) is 9.78 Å². The summed E-state index contributed by atoms with van der Waals surface area (Å²) in [7, 11) is 0. The van der Waals surface area contributed by atoms with Gasteiger partial charge in [0, 0.05) is 30.8 Å². The van der Waals surface area contributed by atoms with Gasteiger partial charge in [-0.15, -0.1) is 0 Å². The van der Waals surface area contributed by atoms with Crippen LogP contribution < -0.4 is 9.47 Å². The minimum Gasteiger partial charge on any atom is -0.490 e. The Balaban J connectivity index is 1.80. The van der Waals surface area contributed by atoms with E-state index in [1.807, 2.05) is 12.1 Å². The third-order valence-corrected chi connectivity index (χ3v) is 3.16. The first kappa shape index (κ1) is 12.7. The Morgan fingerprint density at radius 1 is 1.15 bits per heavy atom. The van der Waals surface area contributed by atoms with E-state index in [-0.39, 0.29) is 5.78 Å². The van der Waals surface area contributed by atoms with Gasteiger partial charge >= 0.3 is 0 Å². The lowest BCUT2D eigenvalue weighted by Gasteiger charge is -2.08. The predicted octanol–water partition coefficient (Wildman–Crippen LogP) is 2.67. The molecule has 0 bridgehead atoms. The van der Waals surface area contributed by atoms with Crippen molar-refractivity contribution >= 4 is 5.78 Å². The lowest BCUT2D eigenvalue weighted by atomic mass is 10.0. The second kappa shape index (κ2) is 5.74. The van der Waals surface area contributed by atoms with E-state index in [9.17, 15) is 4.79 Å². The van der Waals surface area contributed by atoms with Gasteiger partial charge in [0.15, 0.2) is 17.3 Å². The Morgan fingerprint density at radius 2 is 2.00 bits per heavy atom. The van der Waals surface area contributed by atoms with Crippen molar-refractivity contribution in [1.29, 1.82) is 0 Å². The van der Waals surface area contributed by atoms with Gasteiger partial charge < -0.3 is 9.47 Å². The van der Waals surface area contributed by atoms with Crippen molar-refractivity contribution in [1.82, 2.24) is 4.98 Å². The van der Waals surface area contributed by atoms with Gasteiger partial charge in [-0.05, 0) is 29.8 Å². The number of pyridine rings is 1. The molecule has 1 aromatic heterocycles.